The number of fused-ring (bicyclic) bond motifs is 2. The minimum Gasteiger partial charge on any atom is -0.494 e. The van der Waals surface area contributed by atoms with Crippen molar-refractivity contribution in [3.8, 4) is 17.1 Å². The van der Waals surface area contributed by atoms with Crippen molar-refractivity contribution >= 4 is 33.5 Å². The highest BCUT2D eigenvalue weighted by Crippen LogP contribution is 2.36. The van der Waals surface area contributed by atoms with Gasteiger partial charge in [0.15, 0.2) is 5.82 Å². The summed E-state index contributed by atoms with van der Waals surface area (Å²) in [5.41, 5.74) is 4.60. The number of anilines is 1. The summed E-state index contributed by atoms with van der Waals surface area (Å²) in [4.78, 5) is 33.9. The number of aryl methyl sites for hydroxylation is 1. The molecule has 7 nitrogen and oxygen atoms in total. The van der Waals surface area contributed by atoms with Gasteiger partial charge in [0.2, 0.25) is 4.96 Å². The Balaban J connectivity index is 1.40. The molecule has 0 radical (unpaired) electrons. The van der Waals surface area contributed by atoms with Gasteiger partial charge in [-0.3, -0.25) is 9.59 Å². The standard InChI is InChI=1S/C29H24N4O3S/c1-3-16-36-21-14-12-20(13-15-21)26-30-29-33(31-26)28(35)25(37-29)24-22-6-4-5-7-23(22)32(27(24)34)17-19-10-8-18(2)9-11-19/h4-15H,3,16-17H2,1-2H3. The molecule has 1 amide bonds. The summed E-state index contributed by atoms with van der Waals surface area (Å²) in [6.07, 6.45) is 0.935. The Hall–Kier alpha value is -4.30. The molecule has 5 aromatic rings. The number of hydrogen-bond donors (Lipinski definition) is 0. The van der Waals surface area contributed by atoms with Gasteiger partial charge >= 0.3 is 0 Å². The second kappa shape index (κ2) is 9.29. The van der Waals surface area contributed by atoms with Crippen LogP contribution in [0.5, 0.6) is 5.75 Å². The number of hydrogen-bond acceptors (Lipinski definition) is 6. The number of thiazole rings is 1. The first-order valence-corrected chi connectivity index (χ1v) is 13.0. The third-order valence-corrected chi connectivity index (χ3v) is 7.38. The zero-order chi connectivity index (χ0) is 25.5. The number of nitrogens with zero attached hydrogens (tertiary/aromatic N) is 4. The van der Waals surface area contributed by atoms with Gasteiger partial charge in [0.25, 0.3) is 11.5 Å². The third kappa shape index (κ3) is 4.09. The van der Waals surface area contributed by atoms with E-state index in [2.05, 4.69) is 17.0 Å². The fourth-order valence-electron chi connectivity index (χ4n) is 4.46. The van der Waals surface area contributed by atoms with Crippen LogP contribution in [0.4, 0.5) is 5.69 Å². The van der Waals surface area contributed by atoms with Crippen molar-refractivity contribution in [2.45, 2.75) is 26.8 Å². The summed E-state index contributed by atoms with van der Waals surface area (Å²) < 4.78 is 7.29. The SMILES string of the molecule is CCCOc1ccc(-c2nc3sc(=C4C(=O)N(Cc5ccc(C)cc5)c5ccccc54)c(=O)n3n2)cc1. The zero-order valence-corrected chi connectivity index (χ0v) is 21.3. The predicted octanol–water partition coefficient (Wildman–Crippen LogP) is 4.38. The number of benzene rings is 3. The van der Waals surface area contributed by atoms with Gasteiger partial charge in [0.05, 0.1) is 24.4 Å². The first-order valence-electron chi connectivity index (χ1n) is 12.2. The van der Waals surface area contributed by atoms with Crippen molar-refractivity contribution in [3.05, 3.63) is 104 Å². The Labute approximate surface area is 217 Å². The zero-order valence-electron chi connectivity index (χ0n) is 20.5. The Morgan fingerprint density at radius 2 is 1.70 bits per heavy atom. The molecule has 0 N–H and O–H groups in total. The van der Waals surface area contributed by atoms with E-state index in [1.807, 2.05) is 79.7 Å². The molecule has 0 saturated heterocycles. The molecule has 0 bridgehead atoms. The fourth-order valence-corrected chi connectivity index (χ4v) is 5.46. The minimum absolute atomic E-state index is 0.189. The highest BCUT2D eigenvalue weighted by Gasteiger charge is 2.34. The van der Waals surface area contributed by atoms with Crippen molar-refractivity contribution in [3.63, 3.8) is 0 Å². The molecule has 1 aliphatic heterocycles. The lowest BCUT2D eigenvalue weighted by molar-refractivity contribution is -0.113. The smallest absolute Gasteiger partial charge is 0.291 e. The summed E-state index contributed by atoms with van der Waals surface area (Å²) in [6, 6.07) is 23.2. The first-order chi connectivity index (χ1) is 18.0. The second-order valence-corrected chi connectivity index (χ2v) is 9.99. The number of ether oxygens (including phenoxy) is 1. The van der Waals surface area contributed by atoms with E-state index in [0.717, 1.165) is 40.1 Å². The van der Waals surface area contributed by atoms with Gasteiger partial charge in [0, 0.05) is 11.1 Å². The van der Waals surface area contributed by atoms with Crippen molar-refractivity contribution in [1.29, 1.82) is 0 Å². The largest absolute Gasteiger partial charge is 0.494 e. The molecule has 0 spiro atoms. The average Bonchev–Trinajstić information content (AvgIpc) is 3.55. The average molecular weight is 509 g/mol. The predicted molar refractivity (Wildman–Crippen MR) is 145 cm³/mol. The summed E-state index contributed by atoms with van der Waals surface area (Å²) >= 11 is 1.20. The Kier molecular flexibility index (Phi) is 5.81. The minimum atomic E-state index is -0.336. The Morgan fingerprint density at radius 1 is 0.946 bits per heavy atom. The maximum absolute atomic E-state index is 13.7. The summed E-state index contributed by atoms with van der Waals surface area (Å²) in [5, 5.41) is 4.47. The molecular formula is C29H24N4O3S. The molecule has 0 unspecified atom stereocenters. The molecule has 8 heteroatoms. The van der Waals surface area contributed by atoms with Crippen LogP contribution >= 0.6 is 11.3 Å². The van der Waals surface area contributed by atoms with E-state index < -0.39 is 0 Å². The van der Waals surface area contributed by atoms with E-state index in [0.29, 0.717) is 34.0 Å². The van der Waals surface area contributed by atoms with Crippen LogP contribution in [0, 0.1) is 6.92 Å². The lowest BCUT2D eigenvalue weighted by Gasteiger charge is -2.17. The first kappa shape index (κ1) is 23.1. The highest BCUT2D eigenvalue weighted by atomic mass is 32.1. The Morgan fingerprint density at radius 3 is 2.43 bits per heavy atom. The molecule has 184 valence electrons. The third-order valence-electron chi connectivity index (χ3n) is 6.35. The molecule has 6 rings (SSSR count). The van der Waals surface area contributed by atoms with Gasteiger partial charge in [-0.1, -0.05) is 66.3 Å². The topological polar surface area (TPSA) is 76.8 Å². The van der Waals surface area contributed by atoms with Gasteiger partial charge in [-0.15, -0.1) is 5.10 Å². The number of rotatable bonds is 6. The molecule has 3 heterocycles. The Bertz CT molecular complexity index is 1740. The maximum atomic E-state index is 13.7. The van der Waals surface area contributed by atoms with E-state index in [1.54, 1.807) is 4.90 Å². The van der Waals surface area contributed by atoms with E-state index in [9.17, 15) is 9.59 Å². The van der Waals surface area contributed by atoms with Crippen LogP contribution in [0.15, 0.2) is 77.6 Å². The molecule has 2 aromatic heterocycles. The van der Waals surface area contributed by atoms with Gasteiger partial charge in [0.1, 0.15) is 10.3 Å². The number of carbonyl (C=O) groups excluding carboxylic acids is 1. The van der Waals surface area contributed by atoms with Crippen molar-refractivity contribution < 1.29 is 9.53 Å². The second-order valence-electron chi connectivity index (χ2n) is 9.01. The van der Waals surface area contributed by atoms with Crippen LogP contribution < -0.4 is 19.7 Å². The van der Waals surface area contributed by atoms with E-state index >= 15 is 0 Å². The van der Waals surface area contributed by atoms with Crippen LogP contribution in [0.1, 0.15) is 30.0 Å². The van der Waals surface area contributed by atoms with Crippen LogP contribution in [-0.2, 0) is 11.3 Å². The van der Waals surface area contributed by atoms with Crippen LogP contribution in [0.3, 0.4) is 0 Å². The fraction of sp³-hybridized carbons (Fsp3) is 0.172. The summed E-state index contributed by atoms with van der Waals surface area (Å²) in [6.45, 7) is 5.17. The lowest BCUT2D eigenvalue weighted by Crippen LogP contribution is -2.32. The molecule has 37 heavy (non-hydrogen) atoms. The van der Waals surface area contributed by atoms with E-state index in [4.69, 9.17) is 4.74 Å². The van der Waals surface area contributed by atoms with Gasteiger partial charge < -0.3 is 9.64 Å². The lowest BCUT2D eigenvalue weighted by atomic mass is 10.1. The molecule has 0 saturated carbocycles. The molecule has 1 aliphatic rings. The van der Waals surface area contributed by atoms with Gasteiger partial charge in [-0.05, 0) is 49.2 Å². The number of amides is 1. The summed E-state index contributed by atoms with van der Waals surface area (Å²) in [7, 11) is 0. The summed E-state index contributed by atoms with van der Waals surface area (Å²) in [5.74, 6) is 1.05. The highest BCUT2D eigenvalue weighted by molar-refractivity contribution is 7.15. The van der Waals surface area contributed by atoms with Crippen molar-refractivity contribution in [2.75, 3.05) is 11.5 Å². The number of carbonyl (C=O) groups is 1. The normalized spacial score (nSPS) is 14.4. The van der Waals surface area contributed by atoms with Crippen LogP contribution in [0.25, 0.3) is 21.9 Å². The molecule has 0 fully saturated rings. The number of aromatic nitrogens is 3. The monoisotopic (exact) mass is 508 g/mol. The molecule has 0 atom stereocenters. The van der Waals surface area contributed by atoms with Gasteiger partial charge in [-0.25, -0.2) is 0 Å². The molecule has 0 aliphatic carbocycles. The molecule has 3 aromatic carbocycles. The quantitative estimate of drug-likeness (QED) is 0.340. The number of para-hydroxylation sites is 1. The van der Waals surface area contributed by atoms with Crippen LogP contribution in [0.2, 0.25) is 0 Å². The van der Waals surface area contributed by atoms with Crippen molar-refractivity contribution in [2.24, 2.45) is 0 Å². The maximum Gasteiger partial charge on any atom is 0.291 e. The van der Waals surface area contributed by atoms with Crippen molar-refractivity contribution in [1.82, 2.24) is 14.6 Å². The van der Waals surface area contributed by atoms with Crippen LogP contribution in [-0.4, -0.2) is 27.1 Å². The molecular weight excluding hydrogens is 484 g/mol. The van der Waals surface area contributed by atoms with E-state index in [-0.39, 0.29) is 11.5 Å². The van der Waals surface area contributed by atoms with Gasteiger partial charge in [-0.2, -0.15) is 9.50 Å². The van der Waals surface area contributed by atoms with E-state index in [1.165, 1.54) is 15.9 Å².